The normalized spacial score (nSPS) is 23.0. The number of amides is 1. The summed E-state index contributed by atoms with van der Waals surface area (Å²) in [6, 6.07) is 0. The molecule has 0 bridgehead atoms. The molecule has 1 N–H and O–H groups in total. The molecule has 1 atom stereocenters. The van der Waals surface area contributed by atoms with Gasteiger partial charge in [0.25, 0.3) is 0 Å². The molecule has 1 amide bonds. The van der Waals surface area contributed by atoms with Crippen molar-refractivity contribution in [3.63, 3.8) is 0 Å². The Kier molecular flexibility index (Phi) is 5.29. The highest BCUT2D eigenvalue weighted by Crippen LogP contribution is 2.42. The Balaban J connectivity index is 3.15. The minimum absolute atomic E-state index is 0.0299. The van der Waals surface area contributed by atoms with E-state index in [1.54, 1.807) is 0 Å². The van der Waals surface area contributed by atoms with Crippen molar-refractivity contribution in [2.75, 3.05) is 6.67 Å². The molecule has 140 valence electrons. The first kappa shape index (κ1) is 21.0. The van der Waals surface area contributed by atoms with Crippen LogP contribution in [0.5, 0.6) is 0 Å². The second kappa shape index (κ2) is 6.05. The van der Waals surface area contributed by atoms with Crippen molar-refractivity contribution in [3.8, 4) is 0 Å². The fourth-order valence-corrected chi connectivity index (χ4v) is 4.54. The zero-order valence-corrected chi connectivity index (χ0v) is 17.5. The summed E-state index contributed by atoms with van der Waals surface area (Å²) in [5.41, 5.74) is -0.193. The van der Waals surface area contributed by atoms with Gasteiger partial charge in [-0.05, 0) is 44.9 Å². The summed E-state index contributed by atoms with van der Waals surface area (Å²) in [5.74, 6) is 0. The maximum absolute atomic E-state index is 12.3. The van der Waals surface area contributed by atoms with E-state index in [1.165, 1.54) is 0 Å². The quantitative estimate of drug-likeness (QED) is 0.672. The van der Waals surface area contributed by atoms with Gasteiger partial charge in [-0.3, -0.25) is 0 Å². The zero-order valence-electron chi connectivity index (χ0n) is 17.5. The van der Waals surface area contributed by atoms with Crippen LogP contribution in [0.4, 0.5) is 4.79 Å². The largest absolute Gasteiger partial charge is 0.520 e. The molecule has 0 saturated heterocycles. The average molecular weight is 340 g/mol. The second-order valence-electron chi connectivity index (χ2n) is 11.2. The van der Waals surface area contributed by atoms with E-state index in [0.717, 1.165) is 12.8 Å². The second-order valence-corrected chi connectivity index (χ2v) is 11.2. The Bertz CT molecular complexity index is 507. The van der Waals surface area contributed by atoms with Gasteiger partial charge in [-0.2, -0.15) is 9.28 Å². The molecule has 0 fully saturated rings. The summed E-state index contributed by atoms with van der Waals surface area (Å²) in [4.78, 5) is 14.5. The molecular weight excluding hydrogens is 300 g/mol. The molecule has 0 aromatic rings. The Morgan fingerprint density at radius 2 is 1.42 bits per heavy atom. The number of hydrogen-bond acceptors (Lipinski definition) is 2. The highest BCUT2D eigenvalue weighted by Gasteiger charge is 2.55. The van der Waals surface area contributed by atoms with Gasteiger partial charge in [-0.15, -0.1) is 0 Å². The smallest absolute Gasteiger partial charge is 0.435 e. The molecular formula is C20H39N2O2+. The van der Waals surface area contributed by atoms with Gasteiger partial charge in [-0.1, -0.05) is 41.5 Å². The molecule has 1 aliphatic heterocycles. The fourth-order valence-electron chi connectivity index (χ4n) is 4.54. The fraction of sp³-hybridized carbons (Fsp3) is 0.850. The molecule has 1 rings (SSSR count). The van der Waals surface area contributed by atoms with E-state index < -0.39 is 6.09 Å². The SMILES string of the molecule is CC(C)(C)CC(C)(C)N1C=C[N+](C(=O)O)(C(C)(C)CC(C)(C)C)C1. The molecule has 0 radical (unpaired) electrons. The van der Waals surface area contributed by atoms with Gasteiger partial charge < -0.3 is 10.0 Å². The molecule has 4 heteroatoms. The molecule has 24 heavy (non-hydrogen) atoms. The van der Waals surface area contributed by atoms with Crippen LogP contribution in [0.15, 0.2) is 12.4 Å². The Morgan fingerprint density at radius 1 is 0.958 bits per heavy atom. The van der Waals surface area contributed by atoms with E-state index in [-0.39, 0.29) is 26.4 Å². The molecule has 0 saturated carbocycles. The van der Waals surface area contributed by atoms with Gasteiger partial charge >= 0.3 is 6.09 Å². The third-order valence-corrected chi connectivity index (χ3v) is 5.00. The van der Waals surface area contributed by atoms with Gasteiger partial charge in [-0.25, -0.2) is 0 Å². The highest BCUT2D eigenvalue weighted by molar-refractivity contribution is 5.58. The van der Waals surface area contributed by atoms with Crippen LogP contribution in [0.2, 0.25) is 0 Å². The average Bonchev–Trinajstić information content (AvgIpc) is 2.68. The lowest BCUT2D eigenvalue weighted by Crippen LogP contribution is -2.64. The van der Waals surface area contributed by atoms with Crippen LogP contribution >= 0.6 is 0 Å². The topological polar surface area (TPSA) is 40.5 Å². The predicted octanol–water partition coefficient (Wildman–Crippen LogP) is 5.66. The molecule has 0 spiro atoms. The minimum atomic E-state index is -0.769. The van der Waals surface area contributed by atoms with E-state index in [9.17, 15) is 9.90 Å². The van der Waals surface area contributed by atoms with Gasteiger partial charge in [0, 0.05) is 12.0 Å². The molecule has 0 aromatic heterocycles. The summed E-state index contributed by atoms with van der Waals surface area (Å²) in [6.45, 7) is 22.3. The number of carboxylic acid groups (broad SMARTS) is 1. The van der Waals surface area contributed by atoms with Crippen molar-refractivity contribution in [2.45, 2.75) is 93.2 Å². The Labute approximate surface area is 149 Å². The van der Waals surface area contributed by atoms with E-state index in [2.05, 4.69) is 74.1 Å². The molecule has 0 aromatic carbocycles. The van der Waals surface area contributed by atoms with Crippen molar-refractivity contribution in [2.24, 2.45) is 10.8 Å². The van der Waals surface area contributed by atoms with E-state index in [1.807, 2.05) is 12.4 Å². The van der Waals surface area contributed by atoms with Crippen molar-refractivity contribution in [1.29, 1.82) is 0 Å². The molecule has 4 nitrogen and oxygen atoms in total. The lowest BCUT2D eigenvalue weighted by atomic mass is 9.79. The number of hydrogen-bond donors (Lipinski definition) is 1. The van der Waals surface area contributed by atoms with Crippen molar-refractivity contribution in [1.82, 2.24) is 4.90 Å². The summed E-state index contributed by atoms with van der Waals surface area (Å²) >= 11 is 0. The first-order valence-electron chi connectivity index (χ1n) is 8.99. The number of rotatable bonds is 4. The van der Waals surface area contributed by atoms with Crippen LogP contribution in [0.25, 0.3) is 0 Å². The van der Waals surface area contributed by atoms with Gasteiger partial charge in [0.05, 0.1) is 6.20 Å². The van der Waals surface area contributed by atoms with Crippen molar-refractivity contribution >= 4 is 6.09 Å². The lowest BCUT2D eigenvalue weighted by molar-refractivity contribution is -0.862. The summed E-state index contributed by atoms with van der Waals surface area (Å²) in [7, 11) is 0. The minimum Gasteiger partial charge on any atom is -0.435 e. The van der Waals surface area contributed by atoms with E-state index in [0.29, 0.717) is 6.67 Å². The monoisotopic (exact) mass is 339 g/mol. The maximum Gasteiger partial charge on any atom is 0.520 e. The van der Waals surface area contributed by atoms with Crippen LogP contribution in [-0.2, 0) is 0 Å². The lowest BCUT2D eigenvalue weighted by Gasteiger charge is -2.46. The van der Waals surface area contributed by atoms with Gasteiger partial charge in [0.1, 0.15) is 11.7 Å². The molecule has 1 unspecified atom stereocenters. The number of nitrogens with zero attached hydrogens (tertiary/aromatic N) is 2. The van der Waals surface area contributed by atoms with E-state index >= 15 is 0 Å². The number of quaternary nitrogens is 1. The van der Waals surface area contributed by atoms with Gasteiger partial charge in [0.2, 0.25) is 0 Å². The first-order chi connectivity index (χ1) is 10.4. The van der Waals surface area contributed by atoms with Crippen LogP contribution in [-0.4, -0.2) is 38.3 Å². The maximum atomic E-state index is 12.3. The summed E-state index contributed by atoms with van der Waals surface area (Å²) in [5, 5.41) is 10.1. The van der Waals surface area contributed by atoms with Crippen LogP contribution in [0.1, 0.15) is 82.1 Å². The number of carbonyl (C=O) groups is 1. The zero-order chi connectivity index (χ0) is 19.2. The third kappa shape index (κ3) is 4.53. The van der Waals surface area contributed by atoms with Crippen LogP contribution in [0.3, 0.4) is 0 Å². The highest BCUT2D eigenvalue weighted by atomic mass is 16.4. The Hall–Kier alpha value is -1.03. The van der Waals surface area contributed by atoms with Gasteiger partial charge in [0.15, 0.2) is 6.67 Å². The van der Waals surface area contributed by atoms with Crippen LogP contribution < -0.4 is 0 Å². The Morgan fingerprint density at radius 3 is 1.79 bits per heavy atom. The standard InChI is InChI=1S/C20H38N2O2/c1-17(2,3)13-19(7,8)21-11-12-22(15-21,16(23)24)20(9,10)14-18(4,5)6/h11-12H,13-15H2,1-10H3/p+1. The predicted molar refractivity (Wildman–Crippen MR) is 100 cm³/mol. The molecule has 1 aliphatic rings. The molecule has 0 aliphatic carbocycles. The first-order valence-corrected chi connectivity index (χ1v) is 8.99. The van der Waals surface area contributed by atoms with E-state index in [4.69, 9.17) is 0 Å². The summed E-state index contributed by atoms with van der Waals surface area (Å²) < 4.78 is -0.0299. The third-order valence-electron chi connectivity index (χ3n) is 5.00. The van der Waals surface area contributed by atoms with Crippen molar-refractivity contribution in [3.05, 3.63) is 12.4 Å². The van der Waals surface area contributed by atoms with Crippen LogP contribution in [0, 0.1) is 10.8 Å². The molecule has 1 heterocycles. The van der Waals surface area contributed by atoms with Crippen molar-refractivity contribution < 1.29 is 14.4 Å². The summed E-state index contributed by atoms with van der Waals surface area (Å²) in [6.07, 6.45) is 4.96.